The van der Waals surface area contributed by atoms with Crippen LogP contribution in [-0.2, 0) is 14.8 Å². The van der Waals surface area contributed by atoms with E-state index in [9.17, 15) is 13.2 Å². The molecule has 3 rings (SSSR count). The number of sulfonamides is 1. The molecule has 0 radical (unpaired) electrons. The van der Waals surface area contributed by atoms with Gasteiger partial charge in [-0.25, -0.2) is 8.42 Å². The number of hydrogen-bond donors (Lipinski definition) is 2. The fourth-order valence-corrected chi connectivity index (χ4v) is 5.02. The molecule has 2 aliphatic rings. The molecule has 0 saturated carbocycles. The average Bonchev–Trinajstić information content (AvgIpc) is 2.72. The Balaban J connectivity index is 1.95. The Bertz CT molecular complexity index is 757. The van der Waals surface area contributed by atoms with Crippen LogP contribution in [0.25, 0.3) is 0 Å². The van der Waals surface area contributed by atoms with E-state index < -0.39 is 10.0 Å². The molecular formula is C18H28N4O4S. The summed E-state index contributed by atoms with van der Waals surface area (Å²) in [5, 5.41) is 2.76. The second-order valence-corrected chi connectivity index (χ2v) is 8.73. The molecule has 0 atom stereocenters. The number of nitrogens with zero attached hydrogens (tertiary/aromatic N) is 2. The van der Waals surface area contributed by atoms with Crippen molar-refractivity contribution in [1.29, 1.82) is 0 Å². The summed E-state index contributed by atoms with van der Waals surface area (Å²) in [5.74, 6) is -0.308. The normalized spacial score (nSPS) is 19.1. The van der Waals surface area contributed by atoms with E-state index in [2.05, 4.69) is 10.2 Å². The summed E-state index contributed by atoms with van der Waals surface area (Å²) in [6.45, 7) is 4.21. The predicted molar refractivity (Wildman–Crippen MR) is 103 cm³/mol. The van der Waals surface area contributed by atoms with Gasteiger partial charge in [-0.2, -0.15) is 4.31 Å². The maximum Gasteiger partial charge on any atom is 0.253 e. The van der Waals surface area contributed by atoms with Gasteiger partial charge in [0.05, 0.1) is 23.7 Å². The number of morpholine rings is 1. The van der Waals surface area contributed by atoms with Crippen molar-refractivity contribution >= 4 is 21.6 Å². The van der Waals surface area contributed by atoms with Crippen LogP contribution in [0.3, 0.4) is 0 Å². The Morgan fingerprint density at radius 1 is 1.11 bits per heavy atom. The molecule has 0 unspecified atom stereocenters. The molecule has 8 nitrogen and oxygen atoms in total. The van der Waals surface area contributed by atoms with Gasteiger partial charge in [-0.3, -0.25) is 4.79 Å². The lowest BCUT2D eigenvalue weighted by Gasteiger charge is -2.31. The Labute approximate surface area is 160 Å². The molecule has 2 saturated heterocycles. The van der Waals surface area contributed by atoms with Crippen LogP contribution in [0, 0.1) is 0 Å². The highest BCUT2D eigenvalue weighted by molar-refractivity contribution is 7.89. The third-order valence-electron chi connectivity index (χ3n) is 4.95. The number of benzene rings is 1. The number of hydrogen-bond acceptors (Lipinski definition) is 6. The van der Waals surface area contributed by atoms with Gasteiger partial charge in [0.2, 0.25) is 10.0 Å². The van der Waals surface area contributed by atoms with Crippen molar-refractivity contribution < 1.29 is 17.9 Å². The zero-order valence-electron chi connectivity index (χ0n) is 15.5. The Morgan fingerprint density at radius 2 is 1.81 bits per heavy atom. The fourth-order valence-electron chi connectivity index (χ4n) is 3.47. The number of ether oxygens (including phenoxy) is 1. The molecule has 3 N–H and O–H groups in total. The van der Waals surface area contributed by atoms with E-state index in [1.165, 1.54) is 10.4 Å². The number of amides is 1. The first-order valence-electron chi connectivity index (χ1n) is 9.49. The number of anilines is 1. The van der Waals surface area contributed by atoms with Crippen molar-refractivity contribution in [2.24, 2.45) is 5.73 Å². The lowest BCUT2D eigenvalue weighted by atomic mass is 10.1. The molecule has 1 aromatic rings. The van der Waals surface area contributed by atoms with Gasteiger partial charge in [-0.05, 0) is 31.0 Å². The second-order valence-electron chi connectivity index (χ2n) is 6.79. The number of carbonyl (C=O) groups excluding carboxylic acids is 1. The zero-order valence-corrected chi connectivity index (χ0v) is 16.3. The lowest BCUT2D eigenvalue weighted by molar-refractivity contribution is 0.0953. The molecule has 1 aromatic carbocycles. The van der Waals surface area contributed by atoms with E-state index in [1.54, 1.807) is 12.1 Å². The minimum absolute atomic E-state index is 0.166. The van der Waals surface area contributed by atoms with E-state index in [4.69, 9.17) is 10.5 Å². The number of carbonyl (C=O) groups is 1. The summed E-state index contributed by atoms with van der Waals surface area (Å²) in [6.07, 6.45) is 2.79. The molecule has 2 heterocycles. The van der Waals surface area contributed by atoms with Gasteiger partial charge >= 0.3 is 0 Å². The third kappa shape index (κ3) is 4.60. The molecule has 9 heteroatoms. The highest BCUT2D eigenvalue weighted by atomic mass is 32.2. The van der Waals surface area contributed by atoms with Gasteiger partial charge in [-0.15, -0.1) is 0 Å². The smallest absolute Gasteiger partial charge is 0.253 e. The summed E-state index contributed by atoms with van der Waals surface area (Å²) in [4.78, 5) is 14.9. The largest absolute Gasteiger partial charge is 0.378 e. The Hall–Kier alpha value is -1.68. The summed E-state index contributed by atoms with van der Waals surface area (Å²) in [7, 11) is -3.60. The summed E-state index contributed by atoms with van der Waals surface area (Å²) in [6, 6.07) is 4.84. The molecular weight excluding hydrogens is 368 g/mol. The van der Waals surface area contributed by atoms with Crippen molar-refractivity contribution in [2.45, 2.75) is 24.2 Å². The van der Waals surface area contributed by atoms with Crippen LogP contribution in [0.1, 0.15) is 29.6 Å². The first-order valence-corrected chi connectivity index (χ1v) is 10.9. The van der Waals surface area contributed by atoms with Gasteiger partial charge in [0.1, 0.15) is 0 Å². The van der Waals surface area contributed by atoms with Crippen molar-refractivity contribution in [2.75, 3.05) is 57.4 Å². The lowest BCUT2D eigenvalue weighted by Crippen LogP contribution is -2.39. The van der Waals surface area contributed by atoms with Crippen LogP contribution in [0.2, 0.25) is 0 Å². The Kier molecular flexibility index (Phi) is 6.69. The maximum absolute atomic E-state index is 13.0. The molecule has 0 bridgehead atoms. The summed E-state index contributed by atoms with van der Waals surface area (Å²) >= 11 is 0. The van der Waals surface area contributed by atoms with Gasteiger partial charge < -0.3 is 20.7 Å². The van der Waals surface area contributed by atoms with Crippen LogP contribution in [0.15, 0.2) is 23.1 Å². The zero-order chi connectivity index (χ0) is 19.3. The highest BCUT2D eigenvalue weighted by Crippen LogP contribution is 2.28. The fraction of sp³-hybridized carbons (Fsp3) is 0.611. The number of rotatable bonds is 6. The van der Waals surface area contributed by atoms with Gasteiger partial charge in [0.15, 0.2) is 0 Å². The summed E-state index contributed by atoms with van der Waals surface area (Å²) < 4.78 is 32.9. The van der Waals surface area contributed by atoms with Gasteiger partial charge in [0.25, 0.3) is 5.91 Å². The van der Waals surface area contributed by atoms with Crippen LogP contribution in [0.5, 0.6) is 0 Å². The van der Waals surface area contributed by atoms with Crippen LogP contribution >= 0.6 is 0 Å². The van der Waals surface area contributed by atoms with Gasteiger partial charge in [-0.1, -0.05) is 6.42 Å². The molecule has 2 fully saturated rings. The molecule has 150 valence electrons. The summed E-state index contributed by atoms with van der Waals surface area (Å²) in [5.41, 5.74) is 6.58. The van der Waals surface area contributed by atoms with E-state index in [-0.39, 0.29) is 10.8 Å². The number of nitrogens with two attached hydrogens (primary N) is 1. The SMILES string of the molecule is NCCNC(=O)c1cc(S(=O)(=O)N2CCCCC2)ccc1N1CCOCC1. The number of nitrogens with one attached hydrogen (secondary N) is 1. The molecule has 0 aromatic heterocycles. The van der Waals surface area contributed by atoms with Crippen LogP contribution < -0.4 is 16.0 Å². The van der Waals surface area contributed by atoms with Crippen molar-refractivity contribution in [3.63, 3.8) is 0 Å². The first kappa shape index (κ1) is 20.1. The number of piperidine rings is 1. The van der Waals surface area contributed by atoms with Crippen LogP contribution in [-0.4, -0.2) is 71.1 Å². The first-order chi connectivity index (χ1) is 13.0. The van der Waals surface area contributed by atoms with Gasteiger partial charge in [0, 0.05) is 45.0 Å². The van der Waals surface area contributed by atoms with E-state index >= 15 is 0 Å². The average molecular weight is 397 g/mol. The van der Waals surface area contributed by atoms with E-state index in [0.29, 0.717) is 58.0 Å². The van der Waals surface area contributed by atoms with E-state index in [1.807, 2.05) is 0 Å². The van der Waals surface area contributed by atoms with Crippen molar-refractivity contribution in [1.82, 2.24) is 9.62 Å². The topological polar surface area (TPSA) is 105 Å². The molecule has 2 aliphatic heterocycles. The van der Waals surface area contributed by atoms with E-state index in [0.717, 1.165) is 24.9 Å². The van der Waals surface area contributed by atoms with Crippen molar-refractivity contribution in [3.8, 4) is 0 Å². The minimum atomic E-state index is -3.60. The minimum Gasteiger partial charge on any atom is -0.378 e. The molecule has 0 aliphatic carbocycles. The quantitative estimate of drug-likeness (QED) is 0.721. The molecule has 1 amide bonds. The van der Waals surface area contributed by atoms with Crippen molar-refractivity contribution in [3.05, 3.63) is 23.8 Å². The molecule has 27 heavy (non-hydrogen) atoms. The maximum atomic E-state index is 13.0. The van der Waals surface area contributed by atoms with Crippen LogP contribution in [0.4, 0.5) is 5.69 Å². The highest BCUT2D eigenvalue weighted by Gasteiger charge is 2.28. The predicted octanol–water partition coefficient (Wildman–Crippen LogP) is 0.386. The second kappa shape index (κ2) is 9.01. The third-order valence-corrected chi connectivity index (χ3v) is 6.84. The standard InChI is InChI=1S/C18H28N4O4S/c19-6-7-20-18(23)16-14-15(27(24,25)22-8-2-1-3-9-22)4-5-17(16)21-10-12-26-13-11-21/h4-5,14H,1-3,6-13,19H2,(H,20,23). The molecule has 0 spiro atoms. The monoisotopic (exact) mass is 396 g/mol. The Morgan fingerprint density at radius 3 is 2.48 bits per heavy atom.